The quantitative estimate of drug-likeness (QED) is 0.604. The second-order valence-corrected chi connectivity index (χ2v) is 5.21. The lowest BCUT2D eigenvalue weighted by Crippen LogP contribution is -2.08. The van der Waals surface area contributed by atoms with Crippen molar-refractivity contribution in [3.8, 4) is 17.6 Å². The van der Waals surface area contributed by atoms with Crippen LogP contribution in [-0.4, -0.2) is 13.7 Å². The van der Waals surface area contributed by atoms with Crippen molar-refractivity contribution < 1.29 is 9.47 Å². The summed E-state index contributed by atoms with van der Waals surface area (Å²) < 4.78 is 10.9. The first-order valence-electron chi connectivity index (χ1n) is 6.46. The summed E-state index contributed by atoms with van der Waals surface area (Å²) in [7, 11) is 1.60. The Labute approximate surface area is 115 Å². The number of nitrogens with zero attached hydrogens (tertiary/aromatic N) is 1. The fourth-order valence-electron chi connectivity index (χ4n) is 1.71. The SMILES string of the molecule is COc1ccc(N)cc1OCCCCC(C)(C)C#N. The molecule has 0 aromatic heterocycles. The second kappa shape index (κ2) is 6.89. The highest BCUT2D eigenvalue weighted by Crippen LogP contribution is 2.29. The van der Waals surface area contributed by atoms with Gasteiger partial charge in [-0.2, -0.15) is 5.26 Å². The van der Waals surface area contributed by atoms with Crippen molar-refractivity contribution in [2.45, 2.75) is 33.1 Å². The van der Waals surface area contributed by atoms with E-state index in [1.807, 2.05) is 13.8 Å². The number of nitrogen functional groups attached to an aromatic ring is 1. The summed E-state index contributed by atoms with van der Waals surface area (Å²) in [4.78, 5) is 0. The topological polar surface area (TPSA) is 68.3 Å². The van der Waals surface area contributed by atoms with Gasteiger partial charge in [-0.3, -0.25) is 0 Å². The molecule has 0 fully saturated rings. The minimum Gasteiger partial charge on any atom is -0.493 e. The van der Waals surface area contributed by atoms with E-state index in [2.05, 4.69) is 6.07 Å². The number of nitriles is 1. The molecule has 4 nitrogen and oxygen atoms in total. The van der Waals surface area contributed by atoms with E-state index >= 15 is 0 Å². The molecule has 0 aliphatic carbocycles. The van der Waals surface area contributed by atoms with Gasteiger partial charge in [0.05, 0.1) is 25.2 Å². The zero-order valence-electron chi connectivity index (χ0n) is 11.9. The zero-order valence-corrected chi connectivity index (χ0v) is 11.9. The van der Waals surface area contributed by atoms with Gasteiger partial charge in [0.15, 0.2) is 11.5 Å². The number of rotatable bonds is 7. The number of unbranched alkanes of at least 4 members (excludes halogenated alkanes) is 1. The van der Waals surface area contributed by atoms with Gasteiger partial charge in [-0.1, -0.05) is 0 Å². The summed E-state index contributed by atoms with van der Waals surface area (Å²) in [6, 6.07) is 7.63. The van der Waals surface area contributed by atoms with E-state index in [4.69, 9.17) is 20.5 Å². The van der Waals surface area contributed by atoms with Crippen molar-refractivity contribution in [2.24, 2.45) is 5.41 Å². The number of hydrogen-bond acceptors (Lipinski definition) is 4. The van der Waals surface area contributed by atoms with Crippen LogP contribution in [0.4, 0.5) is 5.69 Å². The summed E-state index contributed by atoms with van der Waals surface area (Å²) in [5.41, 5.74) is 6.12. The highest BCUT2D eigenvalue weighted by Gasteiger charge is 2.15. The molecule has 2 N–H and O–H groups in total. The molecule has 104 valence electrons. The van der Waals surface area contributed by atoms with Crippen LogP contribution < -0.4 is 15.2 Å². The Hall–Kier alpha value is -1.89. The van der Waals surface area contributed by atoms with Crippen LogP contribution in [0.2, 0.25) is 0 Å². The third kappa shape index (κ3) is 5.09. The molecule has 0 aliphatic heterocycles. The first-order valence-corrected chi connectivity index (χ1v) is 6.46. The number of nitrogens with two attached hydrogens (primary N) is 1. The van der Waals surface area contributed by atoms with E-state index in [9.17, 15) is 0 Å². The molecule has 0 saturated carbocycles. The fourth-order valence-corrected chi connectivity index (χ4v) is 1.71. The van der Waals surface area contributed by atoms with Crippen LogP contribution >= 0.6 is 0 Å². The highest BCUT2D eigenvalue weighted by molar-refractivity contribution is 5.51. The highest BCUT2D eigenvalue weighted by atomic mass is 16.5. The molecule has 0 unspecified atom stereocenters. The lowest BCUT2D eigenvalue weighted by molar-refractivity contribution is 0.278. The fraction of sp³-hybridized carbons (Fsp3) is 0.533. The Kier molecular flexibility index (Phi) is 5.50. The largest absolute Gasteiger partial charge is 0.493 e. The normalized spacial score (nSPS) is 10.8. The lowest BCUT2D eigenvalue weighted by atomic mass is 9.89. The molecule has 0 bridgehead atoms. The Morgan fingerprint density at radius 1 is 1.26 bits per heavy atom. The van der Waals surface area contributed by atoms with Gasteiger partial charge in [-0.15, -0.1) is 0 Å². The molecule has 19 heavy (non-hydrogen) atoms. The summed E-state index contributed by atoms with van der Waals surface area (Å²) in [5.74, 6) is 1.36. The van der Waals surface area contributed by atoms with Crippen molar-refractivity contribution in [2.75, 3.05) is 19.5 Å². The van der Waals surface area contributed by atoms with E-state index in [0.29, 0.717) is 23.8 Å². The average Bonchev–Trinajstić information content (AvgIpc) is 2.38. The third-order valence-electron chi connectivity index (χ3n) is 2.94. The molecule has 1 aromatic rings. The zero-order chi connectivity index (χ0) is 14.3. The molecule has 0 spiro atoms. The molecular formula is C15H22N2O2. The van der Waals surface area contributed by atoms with Crippen LogP contribution in [0.1, 0.15) is 33.1 Å². The van der Waals surface area contributed by atoms with E-state index < -0.39 is 0 Å². The number of benzene rings is 1. The summed E-state index contributed by atoms with van der Waals surface area (Å²) in [5, 5.41) is 8.92. The molecule has 4 heteroatoms. The second-order valence-electron chi connectivity index (χ2n) is 5.21. The average molecular weight is 262 g/mol. The molecular weight excluding hydrogens is 240 g/mol. The Morgan fingerprint density at radius 2 is 2.00 bits per heavy atom. The maximum absolute atomic E-state index is 8.92. The van der Waals surface area contributed by atoms with Gasteiger partial charge in [0, 0.05) is 11.8 Å². The third-order valence-corrected chi connectivity index (χ3v) is 2.94. The van der Waals surface area contributed by atoms with Gasteiger partial charge in [0.1, 0.15) is 0 Å². The molecule has 0 heterocycles. The maximum Gasteiger partial charge on any atom is 0.163 e. The van der Waals surface area contributed by atoms with Crippen LogP contribution in [0.15, 0.2) is 18.2 Å². The summed E-state index contributed by atoms with van der Waals surface area (Å²) >= 11 is 0. The minimum absolute atomic E-state index is 0.255. The van der Waals surface area contributed by atoms with Crippen LogP contribution in [0.5, 0.6) is 11.5 Å². The smallest absolute Gasteiger partial charge is 0.163 e. The van der Waals surface area contributed by atoms with Crippen molar-refractivity contribution in [1.82, 2.24) is 0 Å². The van der Waals surface area contributed by atoms with E-state index in [-0.39, 0.29) is 5.41 Å². The van der Waals surface area contributed by atoms with E-state index in [1.165, 1.54) is 0 Å². The van der Waals surface area contributed by atoms with Gasteiger partial charge in [0.25, 0.3) is 0 Å². The predicted octanol–water partition coefficient (Wildman–Crippen LogP) is 3.38. The van der Waals surface area contributed by atoms with Crippen LogP contribution in [-0.2, 0) is 0 Å². The van der Waals surface area contributed by atoms with Crippen molar-refractivity contribution in [1.29, 1.82) is 5.26 Å². The summed E-state index contributed by atoms with van der Waals surface area (Å²) in [6.07, 6.45) is 2.75. The van der Waals surface area contributed by atoms with Gasteiger partial charge in [0.2, 0.25) is 0 Å². The molecule has 0 radical (unpaired) electrons. The molecule has 0 saturated heterocycles. The molecule has 0 atom stereocenters. The molecule has 0 aliphatic rings. The monoisotopic (exact) mass is 262 g/mol. The van der Waals surface area contributed by atoms with Crippen LogP contribution in [0.25, 0.3) is 0 Å². The van der Waals surface area contributed by atoms with E-state index in [0.717, 1.165) is 19.3 Å². The number of hydrogen-bond donors (Lipinski definition) is 1. The van der Waals surface area contributed by atoms with Crippen molar-refractivity contribution >= 4 is 5.69 Å². The lowest BCUT2D eigenvalue weighted by Gasteiger charge is -2.15. The number of ether oxygens (including phenoxy) is 2. The van der Waals surface area contributed by atoms with Gasteiger partial charge < -0.3 is 15.2 Å². The van der Waals surface area contributed by atoms with Gasteiger partial charge in [-0.25, -0.2) is 0 Å². The van der Waals surface area contributed by atoms with Crippen LogP contribution in [0, 0.1) is 16.7 Å². The van der Waals surface area contributed by atoms with Gasteiger partial charge >= 0.3 is 0 Å². The minimum atomic E-state index is -0.255. The molecule has 0 amide bonds. The Morgan fingerprint density at radius 3 is 2.63 bits per heavy atom. The number of methoxy groups -OCH3 is 1. The van der Waals surface area contributed by atoms with Crippen molar-refractivity contribution in [3.63, 3.8) is 0 Å². The number of anilines is 1. The molecule has 1 rings (SSSR count). The standard InChI is InChI=1S/C15H22N2O2/c1-15(2,11-16)8-4-5-9-19-14-10-12(17)6-7-13(14)18-3/h6-7,10H,4-5,8-9,17H2,1-3H3. The van der Waals surface area contributed by atoms with Crippen molar-refractivity contribution in [3.05, 3.63) is 18.2 Å². The summed E-state index contributed by atoms with van der Waals surface area (Å²) in [6.45, 7) is 4.50. The Balaban J connectivity index is 2.38. The van der Waals surface area contributed by atoms with Gasteiger partial charge in [-0.05, 0) is 45.2 Å². The Bertz CT molecular complexity index is 450. The maximum atomic E-state index is 8.92. The van der Waals surface area contributed by atoms with E-state index in [1.54, 1.807) is 25.3 Å². The molecule has 1 aromatic carbocycles. The van der Waals surface area contributed by atoms with Crippen LogP contribution in [0.3, 0.4) is 0 Å². The first-order chi connectivity index (χ1) is 8.98. The first kappa shape index (κ1) is 15.2. The predicted molar refractivity (Wildman–Crippen MR) is 76.1 cm³/mol.